The van der Waals surface area contributed by atoms with Gasteiger partial charge in [0.25, 0.3) is 0 Å². The molecule has 0 unspecified atom stereocenters. The SMILES string of the molecule is CCN1[C@H](C(=O)c2ccccc2)O[C@@H]2C[C@H](C)CC[C@H]2C1(C)C. The van der Waals surface area contributed by atoms with E-state index in [1.807, 2.05) is 30.3 Å². The van der Waals surface area contributed by atoms with Gasteiger partial charge in [0.1, 0.15) is 0 Å². The Morgan fingerprint density at radius 2 is 1.96 bits per heavy atom. The molecule has 4 atom stereocenters. The van der Waals surface area contributed by atoms with Gasteiger partial charge in [0, 0.05) is 17.0 Å². The molecule has 1 aromatic carbocycles. The number of benzene rings is 1. The van der Waals surface area contributed by atoms with Gasteiger partial charge in [0.05, 0.1) is 6.10 Å². The summed E-state index contributed by atoms with van der Waals surface area (Å²) >= 11 is 0. The van der Waals surface area contributed by atoms with E-state index >= 15 is 0 Å². The van der Waals surface area contributed by atoms with Crippen LogP contribution in [0.15, 0.2) is 30.3 Å². The summed E-state index contributed by atoms with van der Waals surface area (Å²) in [7, 11) is 0. The second-order valence-electron chi connectivity index (χ2n) is 7.72. The molecule has 3 rings (SSSR count). The third-order valence-corrected chi connectivity index (χ3v) is 5.91. The third-order valence-electron chi connectivity index (χ3n) is 5.91. The largest absolute Gasteiger partial charge is 0.352 e. The molecule has 3 nitrogen and oxygen atoms in total. The molecular weight excluding hydrogens is 286 g/mol. The number of likely N-dealkylation sites (N-methyl/N-ethyl adjacent to an activating group) is 1. The van der Waals surface area contributed by atoms with Gasteiger partial charge in [-0.2, -0.15) is 0 Å². The van der Waals surface area contributed by atoms with Gasteiger partial charge < -0.3 is 4.74 Å². The van der Waals surface area contributed by atoms with Crippen molar-refractivity contribution < 1.29 is 9.53 Å². The van der Waals surface area contributed by atoms with Crippen LogP contribution >= 0.6 is 0 Å². The Bertz CT molecular complexity index is 554. The van der Waals surface area contributed by atoms with Gasteiger partial charge in [-0.1, -0.05) is 50.6 Å². The van der Waals surface area contributed by atoms with Crippen molar-refractivity contribution >= 4 is 5.78 Å². The van der Waals surface area contributed by atoms with Crippen molar-refractivity contribution in [2.75, 3.05) is 6.54 Å². The molecule has 0 spiro atoms. The summed E-state index contributed by atoms with van der Waals surface area (Å²) in [6.45, 7) is 9.83. The fraction of sp³-hybridized carbons (Fsp3) is 0.650. The summed E-state index contributed by atoms with van der Waals surface area (Å²) in [6, 6.07) is 9.56. The molecule has 2 aliphatic rings. The van der Waals surface area contributed by atoms with Crippen LogP contribution in [0.4, 0.5) is 0 Å². The molecule has 1 saturated carbocycles. The number of ether oxygens (including phenoxy) is 1. The molecule has 126 valence electrons. The summed E-state index contributed by atoms with van der Waals surface area (Å²) in [5.41, 5.74) is 0.737. The molecule has 0 amide bonds. The molecular formula is C20H29NO2. The van der Waals surface area contributed by atoms with Crippen LogP contribution in [-0.2, 0) is 4.74 Å². The van der Waals surface area contributed by atoms with E-state index in [9.17, 15) is 4.79 Å². The average molecular weight is 315 g/mol. The summed E-state index contributed by atoms with van der Waals surface area (Å²) < 4.78 is 6.39. The van der Waals surface area contributed by atoms with E-state index in [2.05, 4.69) is 32.6 Å². The molecule has 1 heterocycles. The molecule has 0 aromatic heterocycles. The first-order valence-electron chi connectivity index (χ1n) is 8.96. The monoisotopic (exact) mass is 315 g/mol. The molecule has 1 aromatic rings. The lowest BCUT2D eigenvalue weighted by atomic mass is 9.69. The minimum atomic E-state index is -0.455. The molecule has 1 saturated heterocycles. The summed E-state index contributed by atoms with van der Waals surface area (Å²) in [4.78, 5) is 15.3. The van der Waals surface area contributed by atoms with Crippen LogP contribution in [0.2, 0.25) is 0 Å². The number of rotatable bonds is 3. The predicted octanol–water partition coefficient (Wildman–Crippen LogP) is 4.13. The van der Waals surface area contributed by atoms with Gasteiger partial charge >= 0.3 is 0 Å². The van der Waals surface area contributed by atoms with Gasteiger partial charge in [-0.15, -0.1) is 0 Å². The van der Waals surface area contributed by atoms with Crippen molar-refractivity contribution in [3.8, 4) is 0 Å². The predicted molar refractivity (Wildman–Crippen MR) is 92.4 cm³/mol. The number of hydrogen-bond donors (Lipinski definition) is 0. The van der Waals surface area contributed by atoms with E-state index in [0.29, 0.717) is 11.8 Å². The first kappa shape index (κ1) is 16.7. The van der Waals surface area contributed by atoms with Gasteiger partial charge in [-0.3, -0.25) is 9.69 Å². The molecule has 1 aliphatic carbocycles. The highest BCUT2D eigenvalue weighted by atomic mass is 16.5. The minimum absolute atomic E-state index is 0.00703. The summed E-state index contributed by atoms with van der Waals surface area (Å²) in [5, 5.41) is 0. The lowest BCUT2D eigenvalue weighted by Crippen LogP contribution is -2.66. The maximum atomic E-state index is 13.0. The maximum Gasteiger partial charge on any atom is 0.206 e. The Morgan fingerprint density at radius 1 is 1.26 bits per heavy atom. The second kappa shape index (κ2) is 6.37. The van der Waals surface area contributed by atoms with Crippen LogP contribution in [0, 0.1) is 11.8 Å². The van der Waals surface area contributed by atoms with Crippen molar-refractivity contribution in [3.05, 3.63) is 35.9 Å². The Morgan fingerprint density at radius 3 is 2.61 bits per heavy atom. The molecule has 0 N–H and O–H groups in total. The van der Waals surface area contributed by atoms with Gasteiger partial charge in [-0.25, -0.2) is 0 Å². The molecule has 3 heteroatoms. The van der Waals surface area contributed by atoms with Crippen LogP contribution in [-0.4, -0.2) is 35.1 Å². The minimum Gasteiger partial charge on any atom is -0.352 e. The molecule has 2 fully saturated rings. The zero-order valence-electron chi connectivity index (χ0n) is 14.8. The van der Waals surface area contributed by atoms with E-state index in [0.717, 1.165) is 18.5 Å². The van der Waals surface area contributed by atoms with Crippen molar-refractivity contribution in [2.24, 2.45) is 11.8 Å². The smallest absolute Gasteiger partial charge is 0.206 e. The summed E-state index contributed by atoms with van der Waals surface area (Å²) in [5.74, 6) is 1.29. The van der Waals surface area contributed by atoms with Crippen molar-refractivity contribution in [1.29, 1.82) is 0 Å². The molecule has 1 aliphatic heterocycles. The first-order valence-corrected chi connectivity index (χ1v) is 8.96. The highest BCUT2D eigenvalue weighted by Gasteiger charge is 2.51. The normalized spacial score (nSPS) is 33.9. The highest BCUT2D eigenvalue weighted by molar-refractivity contribution is 5.99. The van der Waals surface area contributed by atoms with Crippen LogP contribution in [0.5, 0.6) is 0 Å². The lowest BCUT2D eigenvalue weighted by Gasteiger charge is -2.56. The Labute approximate surface area is 140 Å². The number of carbonyl (C=O) groups excluding carboxylic acids is 1. The fourth-order valence-corrected chi connectivity index (χ4v) is 4.56. The zero-order valence-corrected chi connectivity index (χ0v) is 14.8. The number of Topliss-reactive ketones (excluding diaryl/α,β-unsaturated/α-hetero) is 1. The number of fused-ring (bicyclic) bond motifs is 1. The highest BCUT2D eigenvalue weighted by Crippen LogP contribution is 2.45. The second-order valence-corrected chi connectivity index (χ2v) is 7.72. The zero-order chi connectivity index (χ0) is 16.6. The molecule has 0 radical (unpaired) electrons. The maximum absolute atomic E-state index is 13.0. The van der Waals surface area contributed by atoms with Gasteiger partial charge in [0.2, 0.25) is 5.78 Å². The van der Waals surface area contributed by atoms with Crippen LogP contribution in [0.1, 0.15) is 57.3 Å². The fourth-order valence-electron chi connectivity index (χ4n) is 4.56. The van der Waals surface area contributed by atoms with E-state index in [1.165, 1.54) is 12.8 Å². The van der Waals surface area contributed by atoms with Crippen molar-refractivity contribution in [3.63, 3.8) is 0 Å². The number of hydrogen-bond acceptors (Lipinski definition) is 3. The molecule has 23 heavy (non-hydrogen) atoms. The van der Waals surface area contributed by atoms with E-state index in [-0.39, 0.29) is 17.4 Å². The molecule has 0 bridgehead atoms. The van der Waals surface area contributed by atoms with Gasteiger partial charge in [-0.05, 0) is 39.2 Å². The Hall–Kier alpha value is -1.19. The van der Waals surface area contributed by atoms with Crippen LogP contribution < -0.4 is 0 Å². The van der Waals surface area contributed by atoms with Gasteiger partial charge in [0.15, 0.2) is 6.23 Å². The quantitative estimate of drug-likeness (QED) is 0.785. The number of carbonyl (C=O) groups is 1. The Balaban J connectivity index is 1.91. The lowest BCUT2D eigenvalue weighted by molar-refractivity contribution is -0.212. The van der Waals surface area contributed by atoms with Crippen molar-refractivity contribution in [2.45, 2.75) is 64.8 Å². The number of nitrogens with zero attached hydrogens (tertiary/aromatic N) is 1. The van der Waals surface area contributed by atoms with Crippen molar-refractivity contribution in [1.82, 2.24) is 4.90 Å². The van der Waals surface area contributed by atoms with E-state index in [4.69, 9.17) is 4.74 Å². The topological polar surface area (TPSA) is 29.5 Å². The van der Waals surface area contributed by atoms with Crippen LogP contribution in [0.3, 0.4) is 0 Å². The van der Waals surface area contributed by atoms with Crippen LogP contribution in [0.25, 0.3) is 0 Å². The van der Waals surface area contributed by atoms with E-state index in [1.54, 1.807) is 0 Å². The standard InChI is InChI=1S/C20H29NO2/c1-5-21-19(18(22)15-9-7-6-8-10-15)23-17-13-14(2)11-12-16(17)20(21,3)4/h6-10,14,16-17,19H,5,11-13H2,1-4H3/t14-,16-,17-,19+/m1/s1. The third kappa shape index (κ3) is 2.97. The Kier molecular flexibility index (Phi) is 4.61. The first-order chi connectivity index (χ1) is 10.9. The average Bonchev–Trinajstić information content (AvgIpc) is 2.54. The number of ketones is 1. The summed E-state index contributed by atoms with van der Waals surface area (Å²) in [6.07, 6.45) is 3.28. The van der Waals surface area contributed by atoms with E-state index < -0.39 is 6.23 Å².